The van der Waals surface area contributed by atoms with E-state index in [1.54, 1.807) is 23.1 Å². The zero-order valence-corrected chi connectivity index (χ0v) is 21.2. The van der Waals surface area contributed by atoms with E-state index in [9.17, 15) is 14.7 Å². The topological polar surface area (TPSA) is 127 Å². The number of benzene rings is 2. The summed E-state index contributed by atoms with van der Waals surface area (Å²) in [5, 5.41) is 14.5. The molecule has 1 fully saturated rings. The maximum atomic E-state index is 13.5. The number of fused-ring (bicyclic) bond motifs is 1. The van der Waals surface area contributed by atoms with Crippen LogP contribution in [0.3, 0.4) is 0 Å². The Hall–Kier alpha value is -4.14. The van der Waals surface area contributed by atoms with Crippen molar-refractivity contribution in [2.45, 2.75) is 52.5 Å². The number of carboxylic acid groups (broad SMARTS) is 1. The first kappa shape index (κ1) is 24.5. The molecule has 5 rings (SSSR count). The Morgan fingerprint density at radius 3 is 2.46 bits per heavy atom. The Kier molecular flexibility index (Phi) is 6.45. The minimum absolute atomic E-state index is 0.00755. The van der Waals surface area contributed by atoms with Gasteiger partial charge in [0.05, 0.1) is 5.69 Å². The number of carboxylic acids is 1. The second kappa shape index (κ2) is 9.72. The highest BCUT2D eigenvalue weighted by Crippen LogP contribution is 2.33. The average molecular weight is 502 g/mol. The van der Waals surface area contributed by atoms with Crippen LogP contribution in [-0.2, 0) is 4.79 Å². The third-order valence-electron chi connectivity index (χ3n) is 7.06. The number of hydrogen-bond donors (Lipinski definition) is 2. The molecule has 9 nitrogen and oxygen atoms in total. The Balaban J connectivity index is 1.46. The van der Waals surface area contributed by atoms with Gasteiger partial charge in [-0.3, -0.25) is 9.69 Å². The van der Waals surface area contributed by atoms with Gasteiger partial charge in [0.15, 0.2) is 11.4 Å². The molecule has 3 N–H and O–H groups in total. The standard InChI is InChI=1S/C28H31N5O4/c1-16(2)33(27(34)19-6-4-17(3)5-7-19)25-22(28(35)36)15-32(31-25)21-11-8-18(9-12-21)26-30-23-13-10-20(29)14-24(23)37-26/h8-17,19H,4-7,29H2,1-3H3,(H,35,36). The van der Waals surface area contributed by atoms with Crippen LogP contribution in [0, 0.1) is 11.8 Å². The number of carbonyl (C=O) groups is 2. The van der Waals surface area contributed by atoms with Crippen LogP contribution in [0.4, 0.5) is 11.5 Å². The van der Waals surface area contributed by atoms with Gasteiger partial charge in [-0.25, -0.2) is 14.5 Å². The summed E-state index contributed by atoms with van der Waals surface area (Å²) < 4.78 is 7.35. The minimum Gasteiger partial charge on any atom is -0.477 e. The van der Waals surface area contributed by atoms with Crippen molar-refractivity contribution in [3.05, 3.63) is 54.2 Å². The van der Waals surface area contributed by atoms with E-state index in [0.29, 0.717) is 34.3 Å². The van der Waals surface area contributed by atoms with Gasteiger partial charge >= 0.3 is 5.97 Å². The molecule has 1 saturated carbocycles. The summed E-state index contributed by atoms with van der Waals surface area (Å²) in [5.41, 5.74) is 9.15. The van der Waals surface area contributed by atoms with Gasteiger partial charge < -0.3 is 15.3 Å². The van der Waals surface area contributed by atoms with Gasteiger partial charge in [0.2, 0.25) is 11.8 Å². The first-order valence-electron chi connectivity index (χ1n) is 12.6. The Labute approximate surface area is 214 Å². The lowest BCUT2D eigenvalue weighted by Crippen LogP contribution is -2.43. The van der Waals surface area contributed by atoms with Crippen molar-refractivity contribution in [2.24, 2.45) is 11.8 Å². The molecule has 2 aromatic heterocycles. The second-order valence-electron chi connectivity index (χ2n) is 10.2. The number of amides is 1. The smallest absolute Gasteiger partial charge is 0.341 e. The Bertz CT molecular complexity index is 1450. The molecule has 37 heavy (non-hydrogen) atoms. The number of oxazole rings is 1. The number of carbonyl (C=O) groups excluding carboxylic acids is 1. The molecule has 0 atom stereocenters. The molecule has 9 heteroatoms. The number of nitrogens with zero attached hydrogens (tertiary/aromatic N) is 4. The van der Waals surface area contributed by atoms with Crippen molar-refractivity contribution in [1.29, 1.82) is 0 Å². The van der Waals surface area contributed by atoms with Crippen molar-refractivity contribution in [2.75, 3.05) is 10.6 Å². The minimum atomic E-state index is -1.13. The fraction of sp³-hybridized carbons (Fsp3) is 0.357. The maximum Gasteiger partial charge on any atom is 0.341 e. The number of nitrogen functional groups attached to an aromatic ring is 1. The molecule has 0 spiro atoms. The lowest BCUT2D eigenvalue weighted by molar-refractivity contribution is -0.124. The van der Waals surface area contributed by atoms with Crippen LogP contribution in [0.1, 0.15) is 56.8 Å². The monoisotopic (exact) mass is 501 g/mol. The molecule has 0 unspecified atom stereocenters. The molecule has 1 aliphatic carbocycles. The summed E-state index contributed by atoms with van der Waals surface area (Å²) in [6, 6.07) is 12.4. The maximum absolute atomic E-state index is 13.5. The number of anilines is 2. The van der Waals surface area contributed by atoms with E-state index in [1.165, 1.54) is 10.9 Å². The van der Waals surface area contributed by atoms with Crippen LogP contribution < -0.4 is 10.6 Å². The summed E-state index contributed by atoms with van der Waals surface area (Å²) in [7, 11) is 0. The zero-order valence-electron chi connectivity index (χ0n) is 21.2. The molecule has 192 valence electrons. The predicted octanol–water partition coefficient (Wildman–Crippen LogP) is 5.53. The number of aromatic nitrogens is 3. The van der Waals surface area contributed by atoms with E-state index >= 15 is 0 Å². The number of rotatable bonds is 6. The van der Waals surface area contributed by atoms with E-state index < -0.39 is 5.97 Å². The molecule has 2 heterocycles. The van der Waals surface area contributed by atoms with Gasteiger partial charge in [-0.05, 0) is 81.8 Å². The van der Waals surface area contributed by atoms with E-state index in [4.69, 9.17) is 10.2 Å². The average Bonchev–Trinajstić information content (AvgIpc) is 3.49. The molecule has 0 bridgehead atoms. The normalized spacial score (nSPS) is 17.8. The van der Waals surface area contributed by atoms with Gasteiger partial charge in [0.1, 0.15) is 11.1 Å². The summed E-state index contributed by atoms with van der Waals surface area (Å²) in [6.07, 6.45) is 5.09. The fourth-order valence-electron chi connectivity index (χ4n) is 4.95. The summed E-state index contributed by atoms with van der Waals surface area (Å²) in [5.74, 6) is -0.0527. The van der Waals surface area contributed by atoms with E-state index in [1.807, 2.05) is 38.1 Å². The third kappa shape index (κ3) is 4.81. The molecule has 4 aromatic rings. The fourth-order valence-corrected chi connectivity index (χ4v) is 4.95. The molecular formula is C28H31N5O4. The van der Waals surface area contributed by atoms with Crippen LogP contribution in [0.25, 0.3) is 28.2 Å². The first-order chi connectivity index (χ1) is 17.7. The summed E-state index contributed by atoms with van der Waals surface area (Å²) in [4.78, 5) is 31.8. The molecule has 2 aromatic carbocycles. The molecular weight excluding hydrogens is 470 g/mol. The zero-order chi connectivity index (χ0) is 26.3. The lowest BCUT2D eigenvalue weighted by Gasteiger charge is -2.32. The van der Waals surface area contributed by atoms with Gasteiger partial charge in [-0.15, -0.1) is 5.10 Å². The highest BCUT2D eigenvalue weighted by atomic mass is 16.4. The molecule has 1 aliphatic rings. The SMILES string of the molecule is CC1CCC(C(=O)N(c2nn(-c3ccc(-c4nc5ccc(N)cc5o4)cc3)cc2C(=O)O)C(C)C)CC1. The van der Waals surface area contributed by atoms with Crippen LogP contribution in [0.5, 0.6) is 0 Å². The van der Waals surface area contributed by atoms with Gasteiger partial charge in [-0.2, -0.15) is 0 Å². The highest BCUT2D eigenvalue weighted by molar-refractivity contribution is 6.01. The molecule has 0 radical (unpaired) electrons. The predicted molar refractivity (Wildman–Crippen MR) is 142 cm³/mol. The van der Waals surface area contributed by atoms with Crippen LogP contribution >= 0.6 is 0 Å². The van der Waals surface area contributed by atoms with Crippen molar-refractivity contribution in [1.82, 2.24) is 14.8 Å². The quantitative estimate of drug-likeness (QED) is 0.333. The Morgan fingerprint density at radius 1 is 1.11 bits per heavy atom. The second-order valence-corrected chi connectivity index (χ2v) is 10.2. The van der Waals surface area contributed by atoms with Crippen molar-refractivity contribution < 1.29 is 19.1 Å². The van der Waals surface area contributed by atoms with Crippen molar-refractivity contribution >= 4 is 34.5 Å². The molecule has 1 amide bonds. The van der Waals surface area contributed by atoms with Crippen LogP contribution in [0.2, 0.25) is 0 Å². The summed E-state index contributed by atoms with van der Waals surface area (Å²) >= 11 is 0. The van der Waals surface area contributed by atoms with Gasteiger partial charge in [-0.1, -0.05) is 6.92 Å². The number of nitrogens with two attached hydrogens (primary N) is 1. The number of aromatic carboxylic acids is 1. The van der Waals surface area contributed by atoms with Crippen LogP contribution in [0.15, 0.2) is 53.1 Å². The van der Waals surface area contributed by atoms with Crippen molar-refractivity contribution in [3.63, 3.8) is 0 Å². The number of hydrogen-bond acceptors (Lipinski definition) is 6. The van der Waals surface area contributed by atoms with E-state index in [2.05, 4.69) is 17.0 Å². The van der Waals surface area contributed by atoms with Gasteiger partial charge in [0.25, 0.3) is 0 Å². The van der Waals surface area contributed by atoms with Gasteiger partial charge in [0, 0.05) is 35.5 Å². The summed E-state index contributed by atoms with van der Waals surface area (Å²) in [6.45, 7) is 5.98. The Morgan fingerprint density at radius 2 is 1.81 bits per heavy atom. The largest absolute Gasteiger partial charge is 0.477 e. The highest BCUT2D eigenvalue weighted by Gasteiger charge is 2.34. The molecule has 0 saturated heterocycles. The van der Waals surface area contributed by atoms with Crippen LogP contribution in [-0.4, -0.2) is 37.8 Å². The third-order valence-corrected chi connectivity index (χ3v) is 7.06. The lowest BCUT2D eigenvalue weighted by atomic mass is 9.82. The van der Waals surface area contributed by atoms with E-state index in [0.717, 1.165) is 31.2 Å². The van der Waals surface area contributed by atoms with E-state index in [-0.39, 0.29) is 29.2 Å². The first-order valence-corrected chi connectivity index (χ1v) is 12.6. The molecule has 0 aliphatic heterocycles. The van der Waals surface area contributed by atoms with Crippen molar-refractivity contribution in [3.8, 4) is 17.1 Å².